The van der Waals surface area contributed by atoms with Gasteiger partial charge in [-0.3, -0.25) is 4.79 Å². The molecule has 5 nitrogen and oxygen atoms in total. The first-order chi connectivity index (χ1) is 13.9. The number of hydrogen-bond donors (Lipinski definition) is 1. The number of nitrogens with one attached hydrogen (secondary N) is 1. The number of amides is 1. The molecule has 5 heteroatoms. The summed E-state index contributed by atoms with van der Waals surface area (Å²) in [5.41, 5.74) is 1.76. The van der Waals surface area contributed by atoms with Crippen LogP contribution in [-0.2, 0) is 12.8 Å². The van der Waals surface area contributed by atoms with Gasteiger partial charge in [0.05, 0.1) is 5.54 Å². The van der Waals surface area contributed by atoms with Crippen molar-refractivity contribution in [3.8, 4) is 0 Å². The fraction of sp³-hybridized carbons (Fsp3) is 0.833. The lowest BCUT2D eigenvalue weighted by atomic mass is 9.71. The van der Waals surface area contributed by atoms with Gasteiger partial charge in [-0.2, -0.15) is 0 Å². The highest BCUT2D eigenvalue weighted by molar-refractivity contribution is 5.94. The summed E-state index contributed by atoms with van der Waals surface area (Å²) in [6.45, 7) is 10.2. The number of piperidine rings is 1. The van der Waals surface area contributed by atoms with Gasteiger partial charge in [0.25, 0.3) is 5.91 Å². The van der Waals surface area contributed by atoms with Gasteiger partial charge in [0, 0.05) is 18.5 Å². The Balaban J connectivity index is 1.51. The van der Waals surface area contributed by atoms with Gasteiger partial charge in [-0.15, -0.1) is 0 Å². The molecule has 0 unspecified atom stereocenters. The molecule has 0 bridgehead atoms. The van der Waals surface area contributed by atoms with Crippen LogP contribution in [0.1, 0.15) is 100 Å². The van der Waals surface area contributed by atoms with Gasteiger partial charge in [0.2, 0.25) is 0 Å². The largest absolute Gasteiger partial charge is 0.360 e. The van der Waals surface area contributed by atoms with Crippen molar-refractivity contribution in [2.24, 2.45) is 11.3 Å². The van der Waals surface area contributed by atoms with Crippen LogP contribution in [0, 0.1) is 11.3 Å². The van der Waals surface area contributed by atoms with Crippen molar-refractivity contribution in [3.05, 3.63) is 17.0 Å². The molecule has 1 N–H and O–H groups in total. The number of aryl methyl sites for hydroxylation is 1. The molecule has 1 amide bonds. The number of fused-ring (bicyclic) bond motifs is 1. The van der Waals surface area contributed by atoms with Crippen molar-refractivity contribution in [2.75, 3.05) is 19.6 Å². The predicted octanol–water partition coefficient (Wildman–Crippen LogP) is 4.74. The minimum Gasteiger partial charge on any atom is -0.360 e. The molecule has 2 fully saturated rings. The van der Waals surface area contributed by atoms with Crippen LogP contribution in [0.15, 0.2) is 4.52 Å². The summed E-state index contributed by atoms with van der Waals surface area (Å²) in [6.07, 6.45) is 12.7. The second-order valence-electron chi connectivity index (χ2n) is 10.9. The van der Waals surface area contributed by atoms with Crippen LogP contribution in [0.5, 0.6) is 0 Å². The van der Waals surface area contributed by atoms with Gasteiger partial charge < -0.3 is 14.7 Å². The monoisotopic (exact) mass is 401 g/mol. The maximum Gasteiger partial charge on any atom is 0.274 e. The normalized spacial score (nSPS) is 25.4. The van der Waals surface area contributed by atoms with Gasteiger partial charge in [-0.25, -0.2) is 0 Å². The van der Waals surface area contributed by atoms with E-state index >= 15 is 0 Å². The van der Waals surface area contributed by atoms with Crippen molar-refractivity contribution >= 4 is 5.91 Å². The van der Waals surface area contributed by atoms with Gasteiger partial charge >= 0.3 is 0 Å². The molecule has 162 valence electrons. The van der Waals surface area contributed by atoms with Crippen LogP contribution in [-0.4, -0.2) is 41.1 Å². The number of likely N-dealkylation sites (tertiary alicyclic amines) is 1. The van der Waals surface area contributed by atoms with Gasteiger partial charge in [-0.05, 0) is 62.9 Å². The van der Waals surface area contributed by atoms with Gasteiger partial charge in [0.15, 0.2) is 5.69 Å². The summed E-state index contributed by atoms with van der Waals surface area (Å²) < 4.78 is 5.62. The Morgan fingerprint density at radius 2 is 1.83 bits per heavy atom. The molecule has 1 aliphatic heterocycles. The van der Waals surface area contributed by atoms with E-state index in [9.17, 15) is 4.79 Å². The number of rotatable bonds is 4. The van der Waals surface area contributed by atoms with Crippen LogP contribution in [0.25, 0.3) is 0 Å². The van der Waals surface area contributed by atoms with Crippen LogP contribution in [0.2, 0.25) is 0 Å². The summed E-state index contributed by atoms with van der Waals surface area (Å²) in [5, 5.41) is 7.74. The predicted molar refractivity (Wildman–Crippen MR) is 115 cm³/mol. The molecular weight excluding hydrogens is 362 g/mol. The summed E-state index contributed by atoms with van der Waals surface area (Å²) in [5.74, 6) is 1.49. The Hall–Kier alpha value is -1.36. The number of carbonyl (C=O) groups excluding carboxylic acids is 1. The molecule has 1 saturated carbocycles. The van der Waals surface area contributed by atoms with E-state index in [1.54, 1.807) is 0 Å². The minimum absolute atomic E-state index is 0.0107. The maximum atomic E-state index is 13.4. The van der Waals surface area contributed by atoms with Crippen LogP contribution < -0.4 is 5.32 Å². The summed E-state index contributed by atoms with van der Waals surface area (Å²) >= 11 is 0. The molecule has 0 spiro atoms. The quantitative estimate of drug-likeness (QED) is 0.791. The first kappa shape index (κ1) is 20.9. The fourth-order valence-corrected chi connectivity index (χ4v) is 5.72. The Bertz CT molecular complexity index is 706. The zero-order chi connectivity index (χ0) is 20.5. The topological polar surface area (TPSA) is 58.4 Å². The third-order valence-electron chi connectivity index (χ3n) is 7.64. The lowest BCUT2D eigenvalue weighted by Crippen LogP contribution is -2.57. The Morgan fingerprint density at radius 1 is 1.14 bits per heavy atom. The van der Waals surface area contributed by atoms with E-state index in [-0.39, 0.29) is 16.9 Å². The number of carbonyl (C=O) groups is 1. The van der Waals surface area contributed by atoms with E-state index in [1.807, 2.05) is 0 Å². The fourth-order valence-electron chi connectivity index (χ4n) is 5.72. The van der Waals surface area contributed by atoms with E-state index < -0.39 is 0 Å². The molecule has 4 rings (SSSR count). The number of hydrogen-bond acceptors (Lipinski definition) is 4. The minimum atomic E-state index is -0.101. The Labute approximate surface area is 176 Å². The zero-order valence-corrected chi connectivity index (χ0v) is 18.7. The highest BCUT2D eigenvalue weighted by Gasteiger charge is 2.39. The maximum absolute atomic E-state index is 13.4. The molecule has 1 aromatic rings. The molecule has 1 aromatic heterocycles. The highest BCUT2D eigenvalue weighted by Crippen LogP contribution is 2.38. The van der Waals surface area contributed by atoms with Crippen molar-refractivity contribution in [1.29, 1.82) is 0 Å². The average Bonchev–Trinajstić information content (AvgIpc) is 3.12. The molecule has 1 atom stereocenters. The Kier molecular flexibility index (Phi) is 6.06. The van der Waals surface area contributed by atoms with Crippen LogP contribution >= 0.6 is 0 Å². The lowest BCUT2D eigenvalue weighted by Gasteiger charge is -2.42. The second kappa shape index (κ2) is 8.41. The highest BCUT2D eigenvalue weighted by atomic mass is 16.5. The van der Waals surface area contributed by atoms with E-state index in [1.165, 1.54) is 51.6 Å². The lowest BCUT2D eigenvalue weighted by molar-refractivity contribution is 0.0773. The summed E-state index contributed by atoms with van der Waals surface area (Å²) in [6, 6.07) is 0. The van der Waals surface area contributed by atoms with E-state index in [0.29, 0.717) is 11.6 Å². The SMILES string of the molecule is CC(C)(C)[C@@H]1CCc2onc(C(=O)NC3(CN4CCCCC4)CCCCC3)c2C1. The number of nitrogens with zero attached hydrogens (tertiary/aromatic N) is 2. The zero-order valence-electron chi connectivity index (χ0n) is 18.7. The standard InChI is InChI=1S/C24H39N3O2/c1-23(2,3)18-10-11-20-19(16-18)21(26-29-20)22(28)25-24(12-6-4-7-13-24)17-27-14-8-5-9-15-27/h18H,4-17H2,1-3H3,(H,25,28)/t18-/m1/s1. The third kappa shape index (κ3) is 4.70. The smallest absolute Gasteiger partial charge is 0.274 e. The first-order valence-electron chi connectivity index (χ1n) is 11.9. The van der Waals surface area contributed by atoms with Crippen molar-refractivity contribution in [3.63, 3.8) is 0 Å². The molecule has 1 saturated heterocycles. The molecule has 2 heterocycles. The summed E-state index contributed by atoms with van der Waals surface area (Å²) in [7, 11) is 0. The van der Waals surface area contributed by atoms with E-state index in [2.05, 4.69) is 36.1 Å². The average molecular weight is 402 g/mol. The third-order valence-corrected chi connectivity index (χ3v) is 7.64. The Morgan fingerprint density at radius 3 is 2.52 bits per heavy atom. The van der Waals surface area contributed by atoms with Gasteiger partial charge in [-0.1, -0.05) is 51.6 Å². The number of aromatic nitrogens is 1. The molecule has 29 heavy (non-hydrogen) atoms. The molecule has 0 radical (unpaired) electrons. The van der Waals surface area contributed by atoms with Crippen molar-refractivity contribution < 1.29 is 9.32 Å². The molecule has 2 aliphatic carbocycles. The van der Waals surface area contributed by atoms with Gasteiger partial charge in [0.1, 0.15) is 5.76 Å². The molecule has 3 aliphatic rings. The molecule has 0 aromatic carbocycles. The second-order valence-corrected chi connectivity index (χ2v) is 10.9. The van der Waals surface area contributed by atoms with E-state index in [0.717, 1.165) is 50.0 Å². The van der Waals surface area contributed by atoms with E-state index in [4.69, 9.17) is 4.52 Å². The molecular formula is C24H39N3O2. The summed E-state index contributed by atoms with van der Waals surface area (Å²) in [4.78, 5) is 16.0. The van der Waals surface area contributed by atoms with Crippen LogP contribution in [0.3, 0.4) is 0 Å². The van der Waals surface area contributed by atoms with Crippen molar-refractivity contribution in [1.82, 2.24) is 15.4 Å². The van der Waals surface area contributed by atoms with Crippen LogP contribution in [0.4, 0.5) is 0 Å². The van der Waals surface area contributed by atoms with Crippen molar-refractivity contribution in [2.45, 2.75) is 96.9 Å². The first-order valence-corrected chi connectivity index (χ1v) is 11.9.